The molecule has 1 amide bonds. The predicted molar refractivity (Wildman–Crippen MR) is 86.6 cm³/mol. The summed E-state index contributed by atoms with van der Waals surface area (Å²) in [5.74, 6) is 0.530. The number of aryl methyl sites for hydroxylation is 1. The number of hydrogen-bond donors (Lipinski definition) is 2. The van der Waals surface area contributed by atoms with E-state index in [1.54, 1.807) is 4.68 Å². The highest BCUT2D eigenvalue weighted by Crippen LogP contribution is 2.18. The molecule has 1 aromatic carbocycles. The third kappa shape index (κ3) is 3.36. The van der Waals surface area contributed by atoms with Crippen LogP contribution in [0.2, 0.25) is 0 Å². The molecule has 1 aliphatic rings. The van der Waals surface area contributed by atoms with Crippen LogP contribution in [-0.4, -0.2) is 35.3 Å². The highest BCUT2D eigenvalue weighted by atomic mass is 16.2. The Hall–Kier alpha value is -2.14. The summed E-state index contributed by atoms with van der Waals surface area (Å²) in [5.41, 5.74) is 2.46. The second-order valence-corrected chi connectivity index (χ2v) is 5.81. The molecule has 5 heteroatoms. The number of rotatable bonds is 4. The molecule has 0 bridgehead atoms. The fourth-order valence-electron chi connectivity index (χ4n) is 2.84. The van der Waals surface area contributed by atoms with Gasteiger partial charge in [0.05, 0.1) is 5.69 Å². The molecule has 1 fully saturated rings. The van der Waals surface area contributed by atoms with Crippen LogP contribution in [0.3, 0.4) is 0 Å². The molecule has 2 N–H and O–H groups in total. The van der Waals surface area contributed by atoms with E-state index in [4.69, 9.17) is 0 Å². The van der Waals surface area contributed by atoms with E-state index >= 15 is 0 Å². The smallest absolute Gasteiger partial charge is 0.269 e. The van der Waals surface area contributed by atoms with Gasteiger partial charge in [-0.1, -0.05) is 30.3 Å². The number of carbonyl (C=O) groups excluding carboxylic acids is 1. The van der Waals surface area contributed by atoms with Gasteiger partial charge in [-0.3, -0.25) is 9.48 Å². The Morgan fingerprint density at radius 2 is 2.05 bits per heavy atom. The Labute approximate surface area is 130 Å². The minimum Gasteiger partial charge on any atom is -0.350 e. The van der Waals surface area contributed by atoms with E-state index in [0.717, 1.165) is 43.7 Å². The minimum atomic E-state index is -0.0456. The van der Waals surface area contributed by atoms with Gasteiger partial charge in [0.15, 0.2) is 0 Å². The molecule has 0 spiro atoms. The molecule has 1 aliphatic heterocycles. The van der Waals surface area contributed by atoms with Gasteiger partial charge in [-0.2, -0.15) is 5.10 Å². The van der Waals surface area contributed by atoms with Crippen molar-refractivity contribution < 1.29 is 4.79 Å². The first-order chi connectivity index (χ1) is 10.7. The lowest BCUT2D eigenvalue weighted by molar-refractivity contribution is 0.0935. The molecule has 3 rings (SSSR count). The van der Waals surface area contributed by atoms with E-state index in [-0.39, 0.29) is 5.91 Å². The third-order valence-electron chi connectivity index (χ3n) is 4.19. The zero-order valence-electron chi connectivity index (χ0n) is 12.9. The van der Waals surface area contributed by atoms with E-state index in [1.165, 1.54) is 0 Å². The van der Waals surface area contributed by atoms with Crippen LogP contribution in [0.4, 0.5) is 0 Å². The van der Waals surface area contributed by atoms with Gasteiger partial charge in [0.1, 0.15) is 5.69 Å². The number of amides is 1. The molecule has 5 nitrogen and oxygen atoms in total. The van der Waals surface area contributed by atoms with Crippen molar-refractivity contribution >= 4 is 5.91 Å². The minimum absolute atomic E-state index is 0.0456. The van der Waals surface area contributed by atoms with Crippen LogP contribution in [0.25, 0.3) is 11.3 Å². The number of aromatic nitrogens is 2. The molecule has 0 saturated carbocycles. The van der Waals surface area contributed by atoms with Crippen LogP contribution in [-0.2, 0) is 7.05 Å². The van der Waals surface area contributed by atoms with Crippen molar-refractivity contribution in [1.82, 2.24) is 20.4 Å². The van der Waals surface area contributed by atoms with Gasteiger partial charge in [-0.25, -0.2) is 0 Å². The Morgan fingerprint density at radius 1 is 1.32 bits per heavy atom. The predicted octanol–water partition coefficient (Wildman–Crippen LogP) is 1.82. The second-order valence-electron chi connectivity index (χ2n) is 5.81. The molecule has 2 heterocycles. The lowest BCUT2D eigenvalue weighted by Gasteiger charge is -2.22. The van der Waals surface area contributed by atoms with Crippen LogP contribution in [0.1, 0.15) is 23.3 Å². The largest absolute Gasteiger partial charge is 0.350 e. The van der Waals surface area contributed by atoms with Crippen LogP contribution < -0.4 is 10.6 Å². The Bertz CT molecular complexity index is 629. The number of nitrogens with one attached hydrogen (secondary N) is 2. The van der Waals surface area contributed by atoms with E-state index in [1.807, 2.05) is 43.4 Å². The van der Waals surface area contributed by atoms with Crippen molar-refractivity contribution in [3.05, 3.63) is 42.1 Å². The average Bonchev–Trinajstić information content (AvgIpc) is 2.96. The summed E-state index contributed by atoms with van der Waals surface area (Å²) in [5, 5.41) is 10.8. The fourth-order valence-corrected chi connectivity index (χ4v) is 2.84. The Morgan fingerprint density at radius 3 is 2.77 bits per heavy atom. The van der Waals surface area contributed by atoms with E-state index in [0.29, 0.717) is 11.6 Å². The van der Waals surface area contributed by atoms with Gasteiger partial charge in [0.25, 0.3) is 5.91 Å². The van der Waals surface area contributed by atoms with E-state index in [9.17, 15) is 4.79 Å². The van der Waals surface area contributed by atoms with E-state index < -0.39 is 0 Å². The zero-order valence-corrected chi connectivity index (χ0v) is 12.9. The maximum absolute atomic E-state index is 12.4. The van der Waals surface area contributed by atoms with Crippen LogP contribution in [0, 0.1) is 5.92 Å². The molecule has 0 unspecified atom stereocenters. The first-order valence-electron chi connectivity index (χ1n) is 7.82. The number of carbonyl (C=O) groups is 1. The standard InChI is InChI=1S/C17H22N4O/c1-21-16(11-15(20-21)14-5-3-2-4-6-14)17(22)19-12-13-7-9-18-10-8-13/h2-6,11,13,18H,7-10,12H2,1H3,(H,19,22). The molecule has 22 heavy (non-hydrogen) atoms. The monoisotopic (exact) mass is 298 g/mol. The summed E-state index contributed by atoms with van der Waals surface area (Å²) in [6, 6.07) is 11.8. The van der Waals surface area contributed by atoms with Crippen molar-refractivity contribution in [2.45, 2.75) is 12.8 Å². The van der Waals surface area contributed by atoms with Gasteiger partial charge >= 0.3 is 0 Å². The normalized spacial score (nSPS) is 15.7. The summed E-state index contributed by atoms with van der Waals surface area (Å²) < 4.78 is 1.65. The number of benzene rings is 1. The lowest BCUT2D eigenvalue weighted by Crippen LogP contribution is -2.36. The topological polar surface area (TPSA) is 59.0 Å². The SMILES string of the molecule is Cn1nc(-c2ccccc2)cc1C(=O)NCC1CCNCC1. The first kappa shape index (κ1) is 14.8. The summed E-state index contributed by atoms with van der Waals surface area (Å²) in [6.07, 6.45) is 2.25. The molecular weight excluding hydrogens is 276 g/mol. The van der Waals surface area contributed by atoms with Gasteiger partial charge in [-0.05, 0) is 37.9 Å². The molecule has 0 radical (unpaired) electrons. The van der Waals surface area contributed by atoms with Crippen LogP contribution in [0.15, 0.2) is 36.4 Å². The molecule has 0 aliphatic carbocycles. The summed E-state index contributed by atoms with van der Waals surface area (Å²) in [7, 11) is 1.81. The maximum Gasteiger partial charge on any atom is 0.269 e. The van der Waals surface area contributed by atoms with Gasteiger partial charge in [-0.15, -0.1) is 0 Å². The van der Waals surface area contributed by atoms with Crippen molar-refractivity contribution in [3.63, 3.8) is 0 Å². The van der Waals surface area contributed by atoms with Crippen LogP contribution in [0.5, 0.6) is 0 Å². The Kier molecular flexibility index (Phi) is 4.53. The summed E-state index contributed by atoms with van der Waals surface area (Å²) >= 11 is 0. The maximum atomic E-state index is 12.4. The van der Waals surface area contributed by atoms with Crippen molar-refractivity contribution in [2.75, 3.05) is 19.6 Å². The molecule has 0 atom stereocenters. The van der Waals surface area contributed by atoms with Gasteiger partial charge in [0.2, 0.25) is 0 Å². The zero-order chi connectivity index (χ0) is 15.4. The lowest BCUT2D eigenvalue weighted by atomic mass is 9.98. The Balaban J connectivity index is 1.66. The van der Waals surface area contributed by atoms with Gasteiger partial charge in [0, 0.05) is 19.2 Å². The summed E-state index contributed by atoms with van der Waals surface area (Å²) in [4.78, 5) is 12.4. The average molecular weight is 298 g/mol. The van der Waals surface area contributed by atoms with Crippen molar-refractivity contribution in [1.29, 1.82) is 0 Å². The summed E-state index contributed by atoms with van der Waals surface area (Å²) in [6.45, 7) is 2.83. The van der Waals surface area contributed by atoms with E-state index in [2.05, 4.69) is 15.7 Å². The first-order valence-corrected chi connectivity index (χ1v) is 7.82. The number of nitrogens with zero attached hydrogens (tertiary/aromatic N) is 2. The van der Waals surface area contributed by atoms with Crippen LogP contribution >= 0.6 is 0 Å². The molecule has 2 aromatic rings. The number of hydrogen-bond acceptors (Lipinski definition) is 3. The third-order valence-corrected chi connectivity index (χ3v) is 4.19. The molecule has 116 valence electrons. The molecular formula is C17H22N4O. The molecule has 1 aromatic heterocycles. The van der Waals surface area contributed by atoms with Crippen molar-refractivity contribution in [3.8, 4) is 11.3 Å². The highest BCUT2D eigenvalue weighted by Gasteiger charge is 2.17. The fraction of sp³-hybridized carbons (Fsp3) is 0.412. The number of piperidine rings is 1. The quantitative estimate of drug-likeness (QED) is 0.905. The second kappa shape index (κ2) is 6.75. The highest BCUT2D eigenvalue weighted by molar-refractivity contribution is 5.93. The molecule has 1 saturated heterocycles. The van der Waals surface area contributed by atoms with Crippen molar-refractivity contribution in [2.24, 2.45) is 13.0 Å². The van der Waals surface area contributed by atoms with Gasteiger partial charge < -0.3 is 10.6 Å².